The Kier molecular flexibility index (Phi) is 5.35. The van der Waals surface area contributed by atoms with E-state index in [1.54, 1.807) is 13.3 Å². The van der Waals surface area contributed by atoms with Crippen molar-refractivity contribution in [3.05, 3.63) is 23.9 Å². The van der Waals surface area contributed by atoms with Crippen LogP contribution in [0.5, 0.6) is 5.88 Å². The third-order valence-corrected chi connectivity index (χ3v) is 3.82. The minimum atomic E-state index is -0.195. The van der Waals surface area contributed by atoms with Gasteiger partial charge in [0, 0.05) is 24.3 Å². The standard InChI is InChI=1S/C15H22N2O3/c1-19-14(18)11-17(13-7-3-4-8-13)10-12-6-5-9-16-15(12)20-2/h5-6,9,13H,3-4,7-8,10-11H2,1-2H3. The molecule has 0 bridgehead atoms. The number of nitrogens with zero attached hydrogens (tertiary/aromatic N) is 2. The summed E-state index contributed by atoms with van der Waals surface area (Å²) in [6, 6.07) is 4.33. The first-order valence-corrected chi connectivity index (χ1v) is 7.03. The van der Waals surface area contributed by atoms with E-state index in [9.17, 15) is 4.79 Å². The van der Waals surface area contributed by atoms with Gasteiger partial charge in [0.05, 0.1) is 20.8 Å². The van der Waals surface area contributed by atoms with Gasteiger partial charge in [0.1, 0.15) is 0 Å². The first kappa shape index (κ1) is 14.8. The number of pyridine rings is 1. The number of ether oxygens (including phenoxy) is 2. The maximum Gasteiger partial charge on any atom is 0.319 e. The SMILES string of the molecule is COC(=O)CN(Cc1cccnc1OC)C1CCCC1. The van der Waals surface area contributed by atoms with Crippen molar-refractivity contribution in [3.63, 3.8) is 0 Å². The Morgan fingerprint density at radius 3 is 2.80 bits per heavy atom. The summed E-state index contributed by atoms with van der Waals surface area (Å²) in [5.41, 5.74) is 1.01. The first-order valence-electron chi connectivity index (χ1n) is 7.03. The lowest BCUT2D eigenvalue weighted by Crippen LogP contribution is -2.37. The quantitative estimate of drug-likeness (QED) is 0.745. The monoisotopic (exact) mass is 278 g/mol. The summed E-state index contributed by atoms with van der Waals surface area (Å²) < 4.78 is 10.1. The van der Waals surface area contributed by atoms with E-state index in [0.717, 1.165) is 18.4 Å². The highest BCUT2D eigenvalue weighted by Gasteiger charge is 2.25. The first-order chi connectivity index (χ1) is 9.74. The number of carbonyl (C=O) groups is 1. The normalized spacial score (nSPS) is 15.6. The second-order valence-corrected chi connectivity index (χ2v) is 5.09. The third kappa shape index (κ3) is 3.70. The summed E-state index contributed by atoms with van der Waals surface area (Å²) in [6.45, 7) is 0.982. The Morgan fingerprint density at radius 1 is 1.40 bits per heavy atom. The number of methoxy groups -OCH3 is 2. The van der Waals surface area contributed by atoms with Crippen LogP contribution in [0.15, 0.2) is 18.3 Å². The van der Waals surface area contributed by atoms with Crippen molar-refractivity contribution >= 4 is 5.97 Å². The molecule has 110 valence electrons. The van der Waals surface area contributed by atoms with Crippen molar-refractivity contribution in [1.82, 2.24) is 9.88 Å². The topological polar surface area (TPSA) is 51.7 Å². The van der Waals surface area contributed by atoms with Crippen molar-refractivity contribution < 1.29 is 14.3 Å². The van der Waals surface area contributed by atoms with Crippen LogP contribution in [0.3, 0.4) is 0 Å². The highest BCUT2D eigenvalue weighted by molar-refractivity contribution is 5.71. The molecule has 0 spiro atoms. The zero-order valence-corrected chi connectivity index (χ0v) is 12.2. The molecule has 0 amide bonds. The van der Waals surface area contributed by atoms with Gasteiger partial charge in [-0.05, 0) is 18.9 Å². The van der Waals surface area contributed by atoms with Gasteiger partial charge in [-0.1, -0.05) is 18.9 Å². The van der Waals surface area contributed by atoms with Crippen LogP contribution >= 0.6 is 0 Å². The highest BCUT2D eigenvalue weighted by Crippen LogP contribution is 2.26. The minimum absolute atomic E-state index is 0.195. The maximum absolute atomic E-state index is 11.6. The van der Waals surface area contributed by atoms with Gasteiger partial charge in [0.25, 0.3) is 0 Å². The van der Waals surface area contributed by atoms with Crippen molar-refractivity contribution in [3.8, 4) is 5.88 Å². The van der Waals surface area contributed by atoms with E-state index in [4.69, 9.17) is 9.47 Å². The van der Waals surface area contributed by atoms with Gasteiger partial charge in [0.2, 0.25) is 5.88 Å². The maximum atomic E-state index is 11.6. The summed E-state index contributed by atoms with van der Waals surface area (Å²) in [7, 11) is 3.05. The van der Waals surface area contributed by atoms with E-state index >= 15 is 0 Å². The number of hydrogen-bond acceptors (Lipinski definition) is 5. The lowest BCUT2D eigenvalue weighted by atomic mass is 10.1. The van der Waals surface area contributed by atoms with Gasteiger partial charge in [-0.25, -0.2) is 4.98 Å². The van der Waals surface area contributed by atoms with E-state index < -0.39 is 0 Å². The average Bonchev–Trinajstić information content (AvgIpc) is 3.01. The fourth-order valence-electron chi connectivity index (χ4n) is 2.76. The summed E-state index contributed by atoms with van der Waals surface area (Å²) in [5, 5.41) is 0. The minimum Gasteiger partial charge on any atom is -0.481 e. The predicted octanol–water partition coefficient (Wildman–Crippen LogP) is 2.01. The third-order valence-electron chi connectivity index (χ3n) is 3.82. The van der Waals surface area contributed by atoms with Crippen LogP contribution in [0, 0.1) is 0 Å². The Morgan fingerprint density at radius 2 is 2.15 bits per heavy atom. The lowest BCUT2D eigenvalue weighted by Gasteiger charge is -2.27. The van der Waals surface area contributed by atoms with Crippen LogP contribution in [0.25, 0.3) is 0 Å². The molecule has 1 fully saturated rings. The van der Waals surface area contributed by atoms with E-state index in [2.05, 4.69) is 9.88 Å². The van der Waals surface area contributed by atoms with E-state index in [-0.39, 0.29) is 5.97 Å². The molecule has 1 aromatic heterocycles. The lowest BCUT2D eigenvalue weighted by molar-refractivity contribution is -0.142. The smallest absolute Gasteiger partial charge is 0.319 e. The molecule has 1 saturated carbocycles. The van der Waals surface area contributed by atoms with Gasteiger partial charge in [0.15, 0.2) is 0 Å². The number of hydrogen-bond donors (Lipinski definition) is 0. The zero-order chi connectivity index (χ0) is 14.4. The number of esters is 1. The Bertz CT molecular complexity index is 444. The molecule has 0 aromatic carbocycles. The van der Waals surface area contributed by atoms with Gasteiger partial charge < -0.3 is 9.47 Å². The molecule has 0 aliphatic heterocycles. The van der Waals surface area contributed by atoms with Gasteiger partial charge in [-0.2, -0.15) is 0 Å². The zero-order valence-electron chi connectivity index (χ0n) is 12.2. The summed E-state index contributed by atoms with van der Waals surface area (Å²) in [5.74, 6) is 0.431. The van der Waals surface area contributed by atoms with Crippen LogP contribution in [-0.4, -0.2) is 42.7 Å². The summed E-state index contributed by atoms with van der Waals surface area (Å²) >= 11 is 0. The summed E-state index contributed by atoms with van der Waals surface area (Å²) in [4.78, 5) is 18.0. The average molecular weight is 278 g/mol. The molecule has 5 heteroatoms. The predicted molar refractivity (Wildman–Crippen MR) is 75.5 cm³/mol. The Labute approximate surface area is 119 Å². The van der Waals surface area contributed by atoms with E-state index in [1.165, 1.54) is 20.0 Å². The molecular formula is C15H22N2O3. The highest BCUT2D eigenvalue weighted by atomic mass is 16.5. The van der Waals surface area contributed by atoms with Crippen molar-refractivity contribution in [2.24, 2.45) is 0 Å². The molecule has 0 N–H and O–H groups in total. The molecule has 5 nitrogen and oxygen atoms in total. The number of aromatic nitrogens is 1. The molecule has 2 rings (SSSR count). The van der Waals surface area contributed by atoms with Gasteiger partial charge >= 0.3 is 5.97 Å². The van der Waals surface area contributed by atoms with E-state index in [0.29, 0.717) is 25.0 Å². The van der Waals surface area contributed by atoms with E-state index in [1.807, 2.05) is 12.1 Å². The molecule has 1 heterocycles. The fourth-order valence-corrected chi connectivity index (χ4v) is 2.76. The fraction of sp³-hybridized carbons (Fsp3) is 0.600. The largest absolute Gasteiger partial charge is 0.481 e. The van der Waals surface area contributed by atoms with Crippen LogP contribution in [-0.2, 0) is 16.1 Å². The second kappa shape index (κ2) is 7.24. The summed E-state index contributed by atoms with van der Waals surface area (Å²) in [6.07, 6.45) is 6.45. The molecule has 0 radical (unpaired) electrons. The molecule has 20 heavy (non-hydrogen) atoms. The van der Waals surface area contributed by atoms with Gasteiger partial charge in [-0.3, -0.25) is 9.69 Å². The molecule has 1 aromatic rings. The van der Waals surface area contributed by atoms with Crippen LogP contribution < -0.4 is 4.74 Å². The molecular weight excluding hydrogens is 256 g/mol. The number of carbonyl (C=O) groups excluding carboxylic acids is 1. The van der Waals surface area contributed by atoms with Crippen molar-refractivity contribution in [2.45, 2.75) is 38.3 Å². The van der Waals surface area contributed by atoms with Crippen LogP contribution in [0.4, 0.5) is 0 Å². The van der Waals surface area contributed by atoms with Crippen molar-refractivity contribution in [2.75, 3.05) is 20.8 Å². The molecule has 0 saturated heterocycles. The second-order valence-electron chi connectivity index (χ2n) is 5.09. The Balaban J connectivity index is 2.11. The van der Waals surface area contributed by atoms with Crippen molar-refractivity contribution in [1.29, 1.82) is 0 Å². The Hall–Kier alpha value is -1.62. The number of rotatable bonds is 6. The van der Waals surface area contributed by atoms with Crippen LogP contribution in [0.1, 0.15) is 31.2 Å². The molecule has 0 unspecified atom stereocenters. The molecule has 0 atom stereocenters. The molecule has 1 aliphatic carbocycles. The molecule has 1 aliphatic rings. The van der Waals surface area contributed by atoms with Crippen LogP contribution in [0.2, 0.25) is 0 Å². The van der Waals surface area contributed by atoms with Gasteiger partial charge in [-0.15, -0.1) is 0 Å².